The number of hydrogen-bond acceptors (Lipinski definition) is 4. The molecule has 0 aliphatic heterocycles. The van der Waals surface area contributed by atoms with Crippen LogP contribution in [0.15, 0.2) is 6.07 Å². The smallest absolute Gasteiger partial charge is 0.172 e. The van der Waals surface area contributed by atoms with Crippen LogP contribution in [0.25, 0.3) is 0 Å². The maximum absolute atomic E-state index is 14.0. The highest BCUT2D eigenvalue weighted by Gasteiger charge is 2.31. The second-order valence-corrected chi connectivity index (χ2v) is 4.36. The molecule has 1 aromatic rings. The van der Waals surface area contributed by atoms with Crippen LogP contribution in [0.2, 0.25) is 0 Å². The van der Waals surface area contributed by atoms with Gasteiger partial charge in [-0.25, -0.2) is 4.39 Å². The lowest BCUT2D eigenvalue weighted by molar-refractivity contribution is 0.208. The van der Waals surface area contributed by atoms with Crippen molar-refractivity contribution in [1.29, 1.82) is 0 Å². The summed E-state index contributed by atoms with van der Waals surface area (Å²) in [6.45, 7) is 3.01. The third-order valence-electron chi connectivity index (χ3n) is 2.66. The summed E-state index contributed by atoms with van der Waals surface area (Å²) in [7, 11) is 2.77. The van der Waals surface area contributed by atoms with E-state index in [4.69, 9.17) is 9.47 Å². The first-order valence-corrected chi connectivity index (χ1v) is 5.13. The molecule has 0 saturated carbocycles. The van der Waals surface area contributed by atoms with E-state index in [9.17, 15) is 14.6 Å². The molecule has 1 aromatic carbocycles. The molecule has 0 bridgehead atoms. The molecule has 0 fully saturated rings. The number of phenolic OH excluding ortho intramolecular Hbond substituents is 1. The highest BCUT2D eigenvalue weighted by Crippen LogP contribution is 2.43. The Morgan fingerprint density at radius 3 is 2.29 bits per heavy atom. The first-order valence-electron chi connectivity index (χ1n) is 5.13. The second-order valence-electron chi connectivity index (χ2n) is 4.36. The van der Waals surface area contributed by atoms with Gasteiger partial charge in [0.15, 0.2) is 23.1 Å². The Morgan fingerprint density at radius 2 is 1.88 bits per heavy atom. The lowest BCUT2D eigenvalue weighted by atomic mass is 9.84. The minimum absolute atomic E-state index is 0.0966. The van der Waals surface area contributed by atoms with Gasteiger partial charge in [0.05, 0.1) is 20.8 Å². The maximum atomic E-state index is 14.0. The largest absolute Gasteiger partial charge is 0.505 e. The number of methoxy groups -OCH3 is 2. The minimum Gasteiger partial charge on any atom is -0.505 e. The standard InChI is InChI=1S/C12H17FO4/c1-12(2,6-14)9-10(13)7(15)5-8(16-3)11(9)17-4/h5,14-15H,6H2,1-4H3. The van der Waals surface area contributed by atoms with Crippen LogP contribution in [0, 0.1) is 5.82 Å². The average Bonchev–Trinajstić information content (AvgIpc) is 2.31. The van der Waals surface area contributed by atoms with Crippen molar-refractivity contribution in [2.24, 2.45) is 0 Å². The molecular weight excluding hydrogens is 227 g/mol. The van der Waals surface area contributed by atoms with E-state index >= 15 is 0 Å². The predicted octanol–water partition coefficient (Wildman–Crippen LogP) is 1.82. The second kappa shape index (κ2) is 4.79. The van der Waals surface area contributed by atoms with Crippen LogP contribution in [-0.4, -0.2) is 31.0 Å². The van der Waals surface area contributed by atoms with Gasteiger partial charge in [-0.1, -0.05) is 13.8 Å². The van der Waals surface area contributed by atoms with Crippen LogP contribution in [-0.2, 0) is 5.41 Å². The van der Waals surface area contributed by atoms with Crippen LogP contribution >= 0.6 is 0 Å². The quantitative estimate of drug-likeness (QED) is 0.848. The molecule has 0 radical (unpaired) electrons. The van der Waals surface area contributed by atoms with Crippen LogP contribution in [0.1, 0.15) is 19.4 Å². The summed E-state index contributed by atoms with van der Waals surface area (Å²) in [6.07, 6.45) is 0. The Bertz CT molecular complexity index is 415. The number of hydrogen-bond donors (Lipinski definition) is 2. The number of benzene rings is 1. The first kappa shape index (κ1) is 13.6. The van der Waals surface area contributed by atoms with Gasteiger partial charge in [0.1, 0.15) is 0 Å². The van der Waals surface area contributed by atoms with Crippen molar-refractivity contribution in [2.45, 2.75) is 19.3 Å². The van der Waals surface area contributed by atoms with Crippen molar-refractivity contribution >= 4 is 0 Å². The number of phenols is 1. The number of halogens is 1. The summed E-state index contributed by atoms with van der Waals surface area (Å²) in [6, 6.07) is 1.14. The first-order chi connectivity index (χ1) is 7.88. The van der Waals surface area contributed by atoms with Crippen molar-refractivity contribution in [2.75, 3.05) is 20.8 Å². The predicted molar refractivity (Wildman–Crippen MR) is 61.3 cm³/mol. The molecule has 4 nitrogen and oxygen atoms in total. The van der Waals surface area contributed by atoms with E-state index in [1.165, 1.54) is 14.2 Å². The Morgan fingerprint density at radius 1 is 1.29 bits per heavy atom. The molecule has 0 amide bonds. The molecule has 17 heavy (non-hydrogen) atoms. The Labute approximate surface area is 99.6 Å². The maximum Gasteiger partial charge on any atom is 0.172 e. The van der Waals surface area contributed by atoms with E-state index in [0.29, 0.717) is 0 Å². The highest BCUT2D eigenvalue weighted by molar-refractivity contribution is 5.55. The molecule has 0 aromatic heterocycles. The summed E-state index contributed by atoms with van der Waals surface area (Å²) < 4.78 is 24.1. The van der Waals surface area contributed by atoms with Crippen molar-refractivity contribution in [1.82, 2.24) is 0 Å². The molecule has 0 unspecified atom stereocenters. The molecule has 0 saturated heterocycles. The molecule has 0 atom stereocenters. The van der Waals surface area contributed by atoms with Crippen LogP contribution in [0.4, 0.5) is 4.39 Å². The number of ether oxygens (including phenoxy) is 2. The van der Waals surface area contributed by atoms with Gasteiger partial charge in [-0.05, 0) is 0 Å². The number of aromatic hydroxyl groups is 1. The van der Waals surface area contributed by atoms with Gasteiger partial charge < -0.3 is 19.7 Å². The lowest BCUT2D eigenvalue weighted by Gasteiger charge is -2.26. The van der Waals surface area contributed by atoms with Crippen LogP contribution in [0.5, 0.6) is 17.2 Å². The number of aliphatic hydroxyl groups excluding tert-OH is 1. The third kappa shape index (κ3) is 2.29. The SMILES string of the molecule is COc1cc(O)c(F)c(C(C)(C)CO)c1OC. The van der Waals surface area contributed by atoms with E-state index in [1.807, 2.05) is 0 Å². The van der Waals surface area contributed by atoms with Gasteiger partial charge in [-0.15, -0.1) is 0 Å². The van der Waals surface area contributed by atoms with Crippen molar-refractivity contribution < 1.29 is 24.1 Å². The fourth-order valence-corrected chi connectivity index (χ4v) is 1.64. The minimum atomic E-state index is -0.887. The molecule has 96 valence electrons. The summed E-state index contributed by atoms with van der Waals surface area (Å²) in [5, 5.41) is 18.8. The van der Waals surface area contributed by atoms with Gasteiger partial charge in [0.25, 0.3) is 0 Å². The van der Waals surface area contributed by atoms with Gasteiger partial charge in [0.2, 0.25) is 0 Å². The number of rotatable bonds is 4. The topological polar surface area (TPSA) is 58.9 Å². The highest BCUT2D eigenvalue weighted by atomic mass is 19.1. The molecular formula is C12H17FO4. The van der Waals surface area contributed by atoms with Gasteiger partial charge in [-0.2, -0.15) is 0 Å². The van der Waals surface area contributed by atoms with E-state index in [1.54, 1.807) is 13.8 Å². The normalized spacial score (nSPS) is 11.4. The summed E-state index contributed by atoms with van der Waals surface area (Å²) in [5.74, 6) is -0.925. The molecule has 5 heteroatoms. The van der Waals surface area contributed by atoms with Crippen LogP contribution in [0.3, 0.4) is 0 Å². The van der Waals surface area contributed by atoms with E-state index in [2.05, 4.69) is 0 Å². The third-order valence-corrected chi connectivity index (χ3v) is 2.66. The van der Waals surface area contributed by atoms with Gasteiger partial charge >= 0.3 is 0 Å². The van der Waals surface area contributed by atoms with Crippen molar-refractivity contribution in [3.05, 3.63) is 17.4 Å². The zero-order chi connectivity index (χ0) is 13.2. The van der Waals surface area contributed by atoms with Crippen molar-refractivity contribution in [3.8, 4) is 17.2 Å². The molecule has 0 aliphatic carbocycles. The van der Waals surface area contributed by atoms with E-state index < -0.39 is 17.0 Å². The van der Waals surface area contributed by atoms with Crippen molar-refractivity contribution in [3.63, 3.8) is 0 Å². The fraction of sp³-hybridized carbons (Fsp3) is 0.500. The summed E-state index contributed by atoms with van der Waals surface area (Å²) in [4.78, 5) is 0. The van der Waals surface area contributed by atoms with E-state index in [-0.39, 0.29) is 23.7 Å². The molecule has 1 rings (SSSR count). The van der Waals surface area contributed by atoms with Gasteiger partial charge in [0, 0.05) is 17.0 Å². The Hall–Kier alpha value is -1.49. The van der Waals surface area contributed by atoms with E-state index in [0.717, 1.165) is 6.07 Å². The summed E-state index contributed by atoms with van der Waals surface area (Å²) in [5.41, 5.74) is -0.791. The molecule has 2 N–H and O–H groups in total. The van der Waals surface area contributed by atoms with Crippen LogP contribution < -0.4 is 9.47 Å². The number of aliphatic hydroxyl groups is 1. The Kier molecular flexibility index (Phi) is 3.83. The Balaban J connectivity index is 3.60. The summed E-state index contributed by atoms with van der Waals surface area (Å²) >= 11 is 0. The zero-order valence-corrected chi connectivity index (χ0v) is 10.4. The molecule has 0 heterocycles. The lowest BCUT2D eigenvalue weighted by Crippen LogP contribution is -2.24. The average molecular weight is 244 g/mol. The monoisotopic (exact) mass is 244 g/mol. The fourth-order valence-electron chi connectivity index (χ4n) is 1.64. The molecule has 0 aliphatic rings. The zero-order valence-electron chi connectivity index (χ0n) is 10.4. The van der Waals surface area contributed by atoms with Gasteiger partial charge in [-0.3, -0.25) is 0 Å². The molecule has 0 spiro atoms.